The molecule has 2 aromatic heterocycles. The number of H-pyrrole nitrogens is 2. The summed E-state index contributed by atoms with van der Waals surface area (Å²) in [5.41, 5.74) is 1.41. The lowest BCUT2D eigenvalue weighted by Gasteiger charge is -2.09. The molecule has 32 heavy (non-hydrogen) atoms. The summed E-state index contributed by atoms with van der Waals surface area (Å²) in [6.07, 6.45) is 3.34. The van der Waals surface area contributed by atoms with Gasteiger partial charge in [0, 0.05) is 32.2 Å². The minimum absolute atomic E-state index is 0.127. The monoisotopic (exact) mass is 470 g/mol. The van der Waals surface area contributed by atoms with Gasteiger partial charge in [-0.1, -0.05) is 12.2 Å². The predicted octanol–water partition coefficient (Wildman–Crippen LogP) is 2.82. The number of ether oxygens (including phenoxy) is 6. The van der Waals surface area contributed by atoms with E-state index in [1.165, 1.54) is 0 Å². The van der Waals surface area contributed by atoms with Crippen molar-refractivity contribution >= 4 is 12.2 Å². The topological polar surface area (TPSA) is 104 Å². The first-order valence-electron chi connectivity index (χ1n) is 10.3. The Kier molecular flexibility index (Phi) is 15.1. The lowest BCUT2D eigenvalue weighted by molar-refractivity contribution is 0.0543. The van der Waals surface area contributed by atoms with Crippen LogP contribution in [0.25, 0.3) is 0 Å². The van der Waals surface area contributed by atoms with Crippen molar-refractivity contribution < 1.29 is 28.4 Å². The van der Waals surface area contributed by atoms with Crippen molar-refractivity contribution in [2.45, 2.75) is 13.8 Å². The number of methoxy groups -OCH3 is 2. The smallest absolute Gasteiger partial charge is 0.254 e. The van der Waals surface area contributed by atoms with Crippen LogP contribution in [0.2, 0.25) is 0 Å². The molecule has 180 valence electrons. The second kappa shape index (κ2) is 17.3. The molecule has 0 aliphatic rings. The average molecular weight is 471 g/mol. The molecule has 0 aromatic carbocycles. The fourth-order valence-electron chi connectivity index (χ4n) is 2.30. The Balaban J connectivity index is 0.000000320. The highest BCUT2D eigenvalue weighted by molar-refractivity contribution is 7.71. The van der Waals surface area contributed by atoms with Crippen LogP contribution in [0.1, 0.15) is 11.1 Å². The van der Waals surface area contributed by atoms with Crippen LogP contribution in [-0.2, 0) is 18.9 Å². The van der Waals surface area contributed by atoms with Crippen molar-refractivity contribution in [1.82, 2.24) is 9.97 Å². The standard InChI is InChI=1S/C11H17NO4.C11H17NO3S/c1-9-10(3-4-12-11(9)13)16-8-7-15-6-5-14-2;1-9-10(3-4-12-11(9)16)15-8-7-14-6-5-13-2/h3-4H,5-8H2,1-2H3,(H,12,13);3-4H,5-8H2,1-2H3,(H,12,16). The van der Waals surface area contributed by atoms with Crippen molar-refractivity contribution in [2.75, 3.05) is 67.1 Å². The first-order valence-corrected chi connectivity index (χ1v) is 10.7. The molecule has 0 atom stereocenters. The molecule has 0 saturated carbocycles. The van der Waals surface area contributed by atoms with E-state index in [0.717, 1.165) is 11.3 Å². The van der Waals surface area contributed by atoms with Gasteiger partial charge in [-0.15, -0.1) is 0 Å². The largest absolute Gasteiger partial charge is 0.491 e. The molecule has 0 bridgehead atoms. The molecule has 0 fully saturated rings. The van der Waals surface area contributed by atoms with E-state index in [1.54, 1.807) is 39.6 Å². The number of hydrogen-bond donors (Lipinski definition) is 2. The summed E-state index contributed by atoms with van der Waals surface area (Å²) in [4.78, 5) is 16.8. The van der Waals surface area contributed by atoms with Crippen LogP contribution in [0, 0.1) is 18.5 Å². The van der Waals surface area contributed by atoms with Gasteiger partial charge in [-0.2, -0.15) is 0 Å². The highest BCUT2D eigenvalue weighted by Crippen LogP contribution is 2.16. The van der Waals surface area contributed by atoms with Gasteiger partial charge in [0.1, 0.15) is 29.4 Å². The number of aromatic amines is 2. The quantitative estimate of drug-likeness (QED) is 0.321. The summed E-state index contributed by atoms with van der Waals surface area (Å²) in [5, 5.41) is 0. The number of rotatable bonds is 14. The molecule has 0 amide bonds. The summed E-state index contributed by atoms with van der Waals surface area (Å²) in [5.74, 6) is 1.40. The minimum Gasteiger partial charge on any atom is -0.491 e. The van der Waals surface area contributed by atoms with E-state index in [2.05, 4.69) is 9.97 Å². The van der Waals surface area contributed by atoms with E-state index in [4.69, 9.17) is 40.6 Å². The van der Waals surface area contributed by atoms with Crippen molar-refractivity contribution in [3.63, 3.8) is 0 Å². The van der Waals surface area contributed by atoms with Crippen LogP contribution in [0.5, 0.6) is 11.5 Å². The van der Waals surface area contributed by atoms with Crippen LogP contribution >= 0.6 is 12.2 Å². The fourth-order valence-corrected chi connectivity index (χ4v) is 2.47. The lowest BCUT2D eigenvalue weighted by Crippen LogP contribution is -2.14. The third kappa shape index (κ3) is 11.4. The van der Waals surface area contributed by atoms with Crippen molar-refractivity contribution in [2.24, 2.45) is 0 Å². The molecule has 10 heteroatoms. The maximum Gasteiger partial charge on any atom is 0.254 e. The molecule has 2 N–H and O–H groups in total. The molecule has 0 saturated heterocycles. The van der Waals surface area contributed by atoms with Gasteiger partial charge in [0.15, 0.2) is 0 Å². The highest BCUT2D eigenvalue weighted by Gasteiger charge is 2.02. The van der Waals surface area contributed by atoms with Gasteiger partial charge < -0.3 is 38.4 Å². The highest BCUT2D eigenvalue weighted by atomic mass is 32.1. The Morgan fingerprint density at radius 1 is 0.719 bits per heavy atom. The first-order chi connectivity index (χ1) is 15.5. The van der Waals surface area contributed by atoms with E-state index < -0.39 is 0 Å². The second-order valence-corrected chi connectivity index (χ2v) is 6.91. The Morgan fingerprint density at radius 2 is 1.19 bits per heavy atom. The van der Waals surface area contributed by atoms with E-state index in [1.807, 2.05) is 13.0 Å². The molecule has 0 aliphatic heterocycles. The number of aromatic nitrogens is 2. The zero-order chi connectivity index (χ0) is 23.6. The van der Waals surface area contributed by atoms with Crippen molar-refractivity contribution in [1.29, 1.82) is 0 Å². The third-order valence-corrected chi connectivity index (χ3v) is 4.58. The van der Waals surface area contributed by atoms with Crippen LogP contribution in [0.15, 0.2) is 29.3 Å². The molecular weight excluding hydrogens is 436 g/mol. The summed E-state index contributed by atoms with van der Waals surface area (Å²) < 4.78 is 31.9. The molecule has 2 aromatic rings. The summed E-state index contributed by atoms with van der Waals surface area (Å²) in [6.45, 7) is 7.95. The Bertz CT molecular complexity index is 798. The SMILES string of the molecule is COCCOCCOc1cc[nH]c(=O)c1C.COCCOCCOc1cc[nH]c(=S)c1C. The summed E-state index contributed by atoms with van der Waals surface area (Å²) in [6, 6.07) is 3.59. The Morgan fingerprint density at radius 3 is 1.72 bits per heavy atom. The molecule has 0 unspecified atom stereocenters. The van der Waals surface area contributed by atoms with Gasteiger partial charge in [0.25, 0.3) is 5.56 Å². The van der Waals surface area contributed by atoms with E-state index >= 15 is 0 Å². The minimum atomic E-state index is -0.127. The first kappa shape index (κ1) is 27.8. The van der Waals surface area contributed by atoms with Crippen LogP contribution < -0.4 is 15.0 Å². The predicted molar refractivity (Wildman–Crippen MR) is 125 cm³/mol. The second-order valence-electron chi connectivity index (χ2n) is 6.50. The average Bonchev–Trinajstić information content (AvgIpc) is 2.79. The maximum absolute atomic E-state index is 11.2. The number of hydrogen-bond acceptors (Lipinski definition) is 8. The van der Waals surface area contributed by atoms with E-state index in [-0.39, 0.29) is 5.56 Å². The number of pyridine rings is 2. The fraction of sp³-hybridized carbons (Fsp3) is 0.545. The van der Waals surface area contributed by atoms with Gasteiger partial charge in [-0.05, 0) is 26.0 Å². The van der Waals surface area contributed by atoms with Gasteiger partial charge in [0.2, 0.25) is 0 Å². The van der Waals surface area contributed by atoms with Crippen molar-refractivity contribution in [3.05, 3.63) is 50.6 Å². The summed E-state index contributed by atoms with van der Waals surface area (Å²) >= 11 is 5.09. The Labute approximate surface area is 194 Å². The lowest BCUT2D eigenvalue weighted by atomic mass is 10.3. The van der Waals surface area contributed by atoms with Crippen LogP contribution in [0.3, 0.4) is 0 Å². The van der Waals surface area contributed by atoms with E-state index in [0.29, 0.717) is 68.8 Å². The third-order valence-electron chi connectivity index (χ3n) is 4.15. The van der Waals surface area contributed by atoms with Gasteiger partial charge in [0.05, 0.1) is 45.2 Å². The normalized spacial score (nSPS) is 10.4. The summed E-state index contributed by atoms with van der Waals surface area (Å²) in [7, 11) is 3.27. The van der Waals surface area contributed by atoms with Crippen LogP contribution in [0.4, 0.5) is 0 Å². The zero-order valence-corrected chi connectivity index (χ0v) is 20.0. The number of nitrogens with one attached hydrogen (secondary N) is 2. The van der Waals surface area contributed by atoms with Crippen molar-refractivity contribution in [3.8, 4) is 11.5 Å². The molecule has 2 rings (SSSR count). The molecule has 0 aliphatic carbocycles. The molecular formula is C22H34N2O7S. The zero-order valence-electron chi connectivity index (χ0n) is 19.2. The molecule has 0 spiro atoms. The van der Waals surface area contributed by atoms with E-state index in [9.17, 15) is 4.79 Å². The van der Waals surface area contributed by atoms with Gasteiger partial charge in [-0.3, -0.25) is 4.79 Å². The molecule has 9 nitrogen and oxygen atoms in total. The van der Waals surface area contributed by atoms with Gasteiger partial charge in [-0.25, -0.2) is 0 Å². The Hall–Kier alpha value is -2.24. The van der Waals surface area contributed by atoms with Gasteiger partial charge >= 0.3 is 0 Å². The maximum atomic E-state index is 11.2. The molecule has 0 radical (unpaired) electrons. The van der Waals surface area contributed by atoms with Crippen LogP contribution in [-0.4, -0.2) is 77.0 Å². The molecule has 2 heterocycles.